The maximum Gasteiger partial charge on any atom is 0.416 e. The minimum Gasteiger partial charge on any atom is -0.344 e. The Morgan fingerprint density at radius 3 is 2.32 bits per heavy atom. The molecule has 0 aliphatic rings. The van der Waals surface area contributed by atoms with Gasteiger partial charge in [-0.15, -0.1) is 0 Å². The van der Waals surface area contributed by atoms with Crippen molar-refractivity contribution in [3.63, 3.8) is 0 Å². The van der Waals surface area contributed by atoms with Crippen molar-refractivity contribution in [3.8, 4) is 11.8 Å². The first kappa shape index (κ1) is 26.9. The molecule has 0 atom stereocenters. The zero-order chi connectivity index (χ0) is 25.4. The Balaban J connectivity index is 1.91. The molecule has 0 unspecified atom stereocenters. The Kier molecular flexibility index (Phi) is 9.23. The van der Waals surface area contributed by atoms with Crippen LogP contribution in [0.25, 0.3) is 0 Å². The van der Waals surface area contributed by atoms with Gasteiger partial charge in [0, 0.05) is 24.2 Å². The second kappa shape index (κ2) is 11.7. The van der Waals surface area contributed by atoms with E-state index in [2.05, 4.69) is 22.5 Å². The van der Waals surface area contributed by atoms with Gasteiger partial charge in [-0.1, -0.05) is 37.8 Å². The van der Waals surface area contributed by atoms with E-state index in [0.717, 1.165) is 12.1 Å². The van der Waals surface area contributed by atoms with Gasteiger partial charge in [0.05, 0.1) is 23.5 Å². The van der Waals surface area contributed by atoms with Crippen molar-refractivity contribution < 1.29 is 31.2 Å². The monoisotopic (exact) mass is 495 g/mol. The molecule has 2 aromatic carbocycles. The van der Waals surface area contributed by atoms with Gasteiger partial charge in [-0.25, -0.2) is 8.42 Å². The van der Waals surface area contributed by atoms with Crippen LogP contribution in [-0.2, 0) is 21.0 Å². The molecule has 2 aromatic rings. The molecule has 0 radical (unpaired) electrons. The van der Waals surface area contributed by atoms with E-state index in [1.807, 2.05) is 0 Å². The molecule has 2 rings (SSSR count). The average molecular weight is 496 g/mol. The topological polar surface area (TPSA) is 95.6 Å². The predicted octanol–water partition coefficient (Wildman–Crippen LogP) is 2.63. The molecule has 0 spiro atoms. The SMILES string of the molecule is CCN(CC)S(=O)(=O)c1cccc(C(=O)NCC(=O)NCC#Cc2cccc(C(F)(F)F)c2)c1. The number of carbonyl (C=O) groups excluding carboxylic acids is 2. The van der Waals surface area contributed by atoms with Crippen molar-refractivity contribution in [1.29, 1.82) is 0 Å². The first-order valence-electron chi connectivity index (χ1n) is 10.3. The molecule has 34 heavy (non-hydrogen) atoms. The number of alkyl halides is 3. The van der Waals surface area contributed by atoms with Crippen molar-refractivity contribution in [2.75, 3.05) is 26.2 Å². The van der Waals surface area contributed by atoms with Gasteiger partial charge in [-0.2, -0.15) is 17.5 Å². The van der Waals surface area contributed by atoms with Crippen molar-refractivity contribution in [3.05, 3.63) is 65.2 Å². The maximum absolute atomic E-state index is 12.7. The standard InChI is InChI=1S/C23H24F3N3O4S/c1-3-29(4-2)34(32,33)20-12-6-10-18(15-20)22(31)28-16-21(30)27-13-7-9-17-8-5-11-19(14-17)23(24,25)26/h5-6,8,10-12,14-15H,3-4,13,16H2,1-2H3,(H,27,30)(H,28,31). The lowest BCUT2D eigenvalue weighted by Crippen LogP contribution is -2.37. The van der Waals surface area contributed by atoms with E-state index < -0.39 is 40.1 Å². The second-order valence-corrected chi connectivity index (χ2v) is 8.89. The number of carbonyl (C=O) groups is 2. The minimum atomic E-state index is -4.47. The lowest BCUT2D eigenvalue weighted by Gasteiger charge is -2.18. The molecule has 0 aliphatic heterocycles. The highest BCUT2D eigenvalue weighted by Crippen LogP contribution is 2.29. The highest BCUT2D eigenvalue weighted by atomic mass is 32.2. The van der Waals surface area contributed by atoms with Crippen LogP contribution < -0.4 is 10.6 Å². The summed E-state index contributed by atoms with van der Waals surface area (Å²) in [6.45, 7) is 3.46. The predicted molar refractivity (Wildman–Crippen MR) is 120 cm³/mol. The Morgan fingerprint density at radius 2 is 1.68 bits per heavy atom. The largest absolute Gasteiger partial charge is 0.416 e. The van der Waals surface area contributed by atoms with Crippen LogP contribution in [0.2, 0.25) is 0 Å². The normalized spacial score (nSPS) is 11.5. The van der Waals surface area contributed by atoms with Crippen molar-refractivity contribution in [2.45, 2.75) is 24.9 Å². The summed E-state index contributed by atoms with van der Waals surface area (Å²) >= 11 is 0. The average Bonchev–Trinajstić information content (AvgIpc) is 2.80. The number of hydrogen-bond acceptors (Lipinski definition) is 4. The highest BCUT2D eigenvalue weighted by Gasteiger charge is 2.30. The maximum atomic E-state index is 12.7. The number of halogens is 3. The fourth-order valence-corrected chi connectivity index (χ4v) is 4.40. The first-order valence-corrected chi connectivity index (χ1v) is 11.7. The van der Waals surface area contributed by atoms with Crippen LogP contribution in [-0.4, -0.2) is 50.7 Å². The second-order valence-electron chi connectivity index (χ2n) is 6.96. The quantitative estimate of drug-likeness (QED) is 0.551. The molecule has 2 amide bonds. The van der Waals surface area contributed by atoms with Crippen LogP contribution in [0.5, 0.6) is 0 Å². The Bertz CT molecular complexity index is 1200. The molecule has 0 aliphatic carbocycles. The first-order chi connectivity index (χ1) is 16.0. The summed E-state index contributed by atoms with van der Waals surface area (Å²) in [6.07, 6.45) is -4.47. The lowest BCUT2D eigenvalue weighted by molar-refractivity contribution is -0.137. The third-order valence-corrected chi connectivity index (χ3v) is 6.69. The molecule has 2 N–H and O–H groups in total. The van der Waals surface area contributed by atoms with E-state index in [1.165, 1.54) is 40.7 Å². The van der Waals surface area contributed by atoms with Crippen LogP contribution in [0.1, 0.15) is 35.3 Å². The van der Waals surface area contributed by atoms with Gasteiger partial charge in [-0.3, -0.25) is 9.59 Å². The summed E-state index contributed by atoms with van der Waals surface area (Å²) in [5.41, 5.74) is -0.595. The van der Waals surface area contributed by atoms with Gasteiger partial charge < -0.3 is 10.6 Å². The zero-order valence-electron chi connectivity index (χ0n) is 18.6. The van der Waals surface area contributed by atoms with E-state index in [0.29, 0.717) is 0 Å². The van der Waals surface area contributed by atoms with Gasteiger partial charge in [-0.05, 0) is 36.4 Å². The highest BCUT2D eigenvalue weighted by molar-refractivity contribution is 7.89. The number of nitrogens with one attached hydrogen (secondary N) is 2. The van der Waals surface area contributed by atoms with Gasteiger partial charge in [0.15, 0.2) is 0 Å². The van der Waals surface area contributed by atoms with Gasteiger partial charge >= 0.3 is 6.18 Å². The molecule has 11 heteroatoms. The molecule has 0 saturated carbocycles. The Morgan fingerprint density at radius 1 is 1.00 bits per heavy atom. The molecule has 182 valence electrons. The number of benzene rings is 2. The van der Waals surface area contributed by atoms with Crippen molar-refractivity contribution in [1.82, 2.24) is 14.9 Å². The minimum absolute atomic E-state index is 0.0295. The van der Waals surface area contributed by atoms with Crippen LogP contribution >= 0.6 is 0 Å². The van der Waals surface area contributed by atoms with E-state index in [1.54, 1.807) is 13.8 Å². The van der Waals surface area contributed by atoms with Crippen molar-refractivity contribution in [2.24, 2.45) is 0 Å². The zero-order valence-corrected chi connectivity index (χ0v) is 19.4. The van der Waals surface area contributed by atoms with Crippen LogP contribution in [0, 0.1) is 11.8 Å². The Labute approximate surface area is 196 Å². The van der Waals surface area contributed by atoms with Crippen LogP contribution in [0.4, 0.5) is 13.2 Å². The molecule has 0 saturated heterocycles. The number of rotatable bonds is 8. The van der Waals surface area contributed by atoms with E-state index in [4.69, 9.17) is 0 Å². The molecule has 0 fully saturated rings. The number of hydrogen-bond donors (Lipinski definition) is 2. The summed E-state index contributed by atoms with van der Waals surface area (Å²) in [5.74, 6) is 3.86. The summed E-state index contributed by atoms with van der Waals surface area (Å²) in [4.78, 5) is 24.2. The fourth-order valence-electron chi connectivity index (χ4n) is 2.90. The van der Waals surface area contributed by atoms with Crippen LogP contribution in [0.3, 0.4) is 0 Å². The summed E-state index contributed by atoms with van der Waals surface area (Å²) in [6, 6.07) is 9.99. The molecule has 0 heterocycles. The fraction of sp³-hybridized carbons (Fsp3) is 0.304. The van der Waals surface area contributed by atoms with Crippen LogP contribution in [0.15, 0.2) is 53.4 Å². The van der Waals surface area contributed by atoms with E-state index in [-0.39, 0.29) is 35.7 Å². The van der Waals surface area contributed by atoms with Gasteiger partial charge in [0.1, 0.15) is 0 Å². The third-order valence-electron chi connectivity index (χ3n) is 4.65. The van der Waals surface area contributed by atoms with Gasteiger partial charge in [0.25, 0.3) is 5.91 Å². The molecule has 0 bridgehead atoms. The lowest BCUT2D eigenvalue weighted by atomic mass is 10.1. The number of sulfonamides is 1. The summed E-state index contributed by atoms with van der Waals surface area (Å²) in [7, 11) is -3.74. The molecule has 0 aromatic heterocycles. The van der Waals surface area contributed by atoms with Gasteiger partial charge in [0.2, 0.25) is 15.9 Å². The van der Waals surface area contributed by atoms with E-state index >= 15 is 0 Å². The number of nitrogens with zero attached hydrogens (tertiary/aromatic N) is 1. The van der Waals surface area contributed by atoms with Crippen molar-refractivity contribution >= 4 is 21.8 Å². The smallest absolute Gasteiger partial charge is 0.344 e. The molecular weight excluding hydrogens is 471 g/mol. The Hall–Kier alpha value is -3.36. The van der Waals surface area contributed by atoms with E-state index in [9.17, 15) is 31.2 Å². The number of amides is 2. The third kappa shape index (κ3) is 7.33. The summed E-state index contributed by atoms with van der Waals surface area (Å²) in [5, 5.41) is 4.80. The molecule has 7 nitrogen and oxygen atoms in total. The summed E-state index contributed by atoms with van der Waals surface area (Å²) < 4.78 is 64.6. The molecular formula is C23H24F3N3O4S.